The van der Waals surface area contributed by atoms with Crippen molar-refractivity contribution >= 4 is 21.5 Å². The fraction of sp³-hybridized carbons (Fsp3) is 0.300. The summed E-state index contributed by atoms with van der Waals surface area (Å²) < 4.78 is 12.1. The Morgan fingerprint density at radius 1 is 0.682 bits per heavy atom. The molecule has 114 valence electrons. The number of rotatable bonds is 5. The van der Waals surface area contributed by atoms with E-state index < -0.39 is 0 Å². The highest BCUT2D eigenvalue weighted by molar-refractivity contribution is 6.12. The highest BCUT2D eigenvalue weighted by Crippen LogP contribution is 2.44. The van der Waals surface area contributed by atoms with Crippen molar-refractivity contribution in [2.45, 2.75) is 27.2 Å². The van der Waals surface area contributed by atoms with Crippen molar-refractivity contribution in [3.8, 4) is 11.5 Å². The molecule has 0 atom stereocenters. The Morgan fingerprint density at radius 3 is 1.91 bits per heavy atom. The van der Waals surface area contributed by atoms with Gasteiger partial charge in [0.15, 0.2) is 0 Å². The second-order valence-electron chi connectivity index (χ2n) is 5.26. The van der Waals surface area contributed by atoms with Crippen molar-refractivity contribution < 1.29 is 9.47 Å². The van der Waals surface area contributed by atoms with E-state index in [2.05, 4.69) is 49.4 Å². The van der Waals surface area contributed by atoms with E-state index in [1.807, 2.05) is 13.8 Å². The summed E-state index contributed by atoms with van der Waals surface area (Å²) in [4.78, 5) is 0. The number of ether oxygens (including phenoxy) is 2. The predicted octanol–water partition coefficient (Wildman–Crippen LogP) is 5.35. The van der Waals surface area contributed by atoms with Crippen LogP contribution in [0.15, 0.2) is 42.5 Å². The van der Waals surface area contributed by atoms with Gasteiger partial charge in [0.1, 0.15) is 11.5 Å². The van der Waals surface area contributed by atoms with Crippen LogP contribution < -0.4 is 9.47 Å². The summed E-state index contributed by atoms with van der Waals surface area (Å²) in [5.41, 5.74) is 1.30. The lowest BCUT2D eigenvalue weighted by molar-refractivity contribution is 0.342. The number of hydrogen-bond donors (Lipinski definition) is 0. The van der Waals surface area contributed by atoms with Crippen LogP contribution in [0.5, 0.6) is 11.5 Å². The SMILES string of the molecule is CCOc1c2ccccc2c(OCC)c2c(CC)cccc12. The monoisotopic (exact) mass is 294 g/mol. The summed E-state index contributed by atoms with van der Waals surface area (Å²) in [6, 6.07) is 14.8. The van der Waals surface area contributed by atoms with E-state index in [4.69, 9.17) is 9.47 Å². The maximum absolute atomic E-state index is 6.05. The first kappa shape index (κ1) is 14.7. The molecule has 0 aliphatic carbocycles. The average Bonchev–Trinajstić information content (AvgIpc) is 2.57. The van der Waals surface area contributed by atoms with Crippen LogP contribution in [0.3, 0.4) is 0 Å². The summed E-state index contributed by atoms with van der Waals surface area (Å²) in [6.07, 6.45) is 0.974. The largest absolute Gasteiger partial charge is 0.493 e. The van der Waals surface area contributed by atoms with E-state index in [1.165, 1.54) is 10.9 Å². The molecular weight excluding hydrogens is 272 g/mol. The van der Waals surface area contributed by atoms with Gasteiger partial charge in [0.25, 0.3) is 0 Å². The van der Waals surface area contributed by atoms with E-state index in [0.717, 1.165) is 34.1 Å². The molecule has 0 aliphatic heterocycles. The minimum absolute atomic E-state index is 0.656. The third-order valence-corrected chi connectivity index (χ3v) is 4.00. The van der Waals surface area contributed by atoms with Crippen molar-refractivity contribution in [3.05, 3.63) is 48.0 Å². The van der Waals surface area contributed by atoms with Crippen molar-refractivity contribution in [1.29, 1.82) is 0 Å². The van der Waals surface area contributed by atoms with Crippen LogP contribution in [0.2, 0.25) is 0 Å². The van der Waals surface area contributed by atoms with Gasteiger partial charge in [-0.1, -0.05) is 49.4 Å². The van der Waals surface area contributed by atoms with E-state index in [0.29, 0.717) is 13.2 Å². The quantitative estimate of drug-likeness (QED) is 0.590. The second-order valence-corrected chi connectivity index (χ2v) is 5.26. The van der Waals surface area contributed by atoms with Crippen LogP contribution in [0, 0.1) is 0 Å². The lowest BCUT2D eigenvalue weighted by Crippen LogP contribution is -2.00. The van der Waals surface area contributed by atoms with Gasteiger partial charge in [0.05, 0.1) is 13.2 Å². The Kier molecular flexibility index (Phi) is 4.19. The molecule has 2 heteroatoms. The second kappa shape index (κ2) is 6.27. The molecule has 0 saturated carbocycles. The van der Waals surface area contributed by atoms with Crippen LogP contribution in [-0.2, 0) is 6.42 Å². The number of benzene rings is 3. The molecule has 0 spiro atoms. The third kappa shape index (κ3) is 2.29. The van der Waals surface area contributed by atoms with E-state index in [9.17, 15) is 0 Å². The minimum atomic E-state index is 0.656. The van der Waals surface area contributed by atoms with Gasteiger partial charge in [-0.2, -0.15) is 0 Å². The molecule has 2 nitrogen and oxygen atoms in total. The highest BCUT2D eigenvalue weighted by Gasteiger charge is 2.17. The maximum atomic E-state index is 6.05. The van der Waals surface area contributed by atoms with Gasteiger partial charge in [0.2, 0.25) is 0 Å². The van der Waals surface area contributed by atoms with Gasteiger partial charge in [-0.05, 0) is 25.8 Å². The fourth-order valence-electron chi connectivity index (χ4n) is 3.11. The van der Waals surface area contributed by atoms with Crippen molar-refractivity contribution in [1.82, 2.24) is 0 Å². The zero-order chi connectivity index (χ0) is 15.5. The molecule has 0 N–H and O–H groups in total. The minimum Gasteiger partial charge on any atom is -0.493 e. The number of hydrogen-bond acceptors (Lipinski definition) is 2. The zero-order valence-electron chi connectivity index (χ0n) is 13.5. The van der Waals surface area contributed by atoms with Gasteiger partial charge in [-0.3, -0.25) is 0 Å². The smallest absolute Gasteiger partial charge is 0.135 e. The van der Waals surface area contributed by atoms with E-state index in [-0.39, 0.29) is 0 Å². The molecule has 0 aliphatic rings. The molecule has 0 unspecified atom stereocenters. The molecule has 0 amide bonds. The van der Waals surface area contributed by atoms with Crippen LogP contribution in [0.1, 0.15) is 26.3 Å². The van der Waals surface area contributed by atoms with Gasteiger partial charge in [-0.15, -0.1) is 0 Å². The van der Waals surface area contributed by atoms with Gasteiger partial charge < -0.3 is 9.47 Å². The van der Waals surface area contributed by atoms with Crippen molar-refractivity contribution in [3.63, 3.8) is 0 Å². The topological polar surface area (TPSA) is 18.5 Å². The summed E-state index contributed by atoms with van der Waals surface area (Å²) in [5.74, 6) is 1.95. The summed E-state index contributed by atoms with van der Waals surface area (Å²) in [7, 11) is 0. The molecule has 0 aromatic heterocycles. The molecule has 0 bridgehead atoms. The van der Waals surface area contributed by atoms with Crippen molar-refractivity contribution in [2.24, 2.45) is 0 Å². The molecule has 0 radical (unpaired) electrons. The lowest BCUT2D eigenvalue weighted by atomic mass is 9.96. The Labute approximate surface area is 131 Å². The first-order valence-electron chi connectivity index (χ1n) is 8.03. The Morgan fingerprint density at radius 2 is 1.27 bits per heavy atom. The summed E-state index contributed by atoms with van der Waals surface area (Å²) in [6.45, 7) is 7.56. The fourth-order valence-corrected chi connectivity index (χ4v) is 3.11. The van der Waals surface area contributed by atoms with Gasteiger partial charge in [0, 0.05) is 21.5 Å². The third-order valence-electron chi connectivity index (χ3n) is 4.00. The summed E-state index contributed by atoms with van der Waals surface area (Å²) >= 11 is 0. The van der Waals surface area contributed by atoms with Crippen LogP contribution >= 0.6 is 0 Å². The molecule has 22 heavy (non-hydrogen) atoms. The lowest BCUT2D eigenvalue weighted by Gasteiger charge is -2.18. The average molecular weight is 294 g/mol. The van der Waals surface area contributed by atoms with E-state index in [1.54, 1.807) is 0 Å². The van der Waals surface area contributed by atoms with Gasteiger partial charge in [-0.25, -0.2) is 0 Å². The first-order valence-corrected chi connectivity index (χ1v) is 8.03. The Hall–Kier alpha value is -2.22. The number of aryl methyl sites for hydroxylation is 1. The van der Waals surface area contributed by atoms with Crippen LogP contribution in [0.4, 0.5) is 0 Å². The van der Waals surface area contributed by atoms with E-state index >= 15 is 0 Å². The number of fused-ring (bicyclic) bond motifs is 2. The molecule has 3 aromatic carbocycles. The Balaban J connectivity index is 2.52. The van der Waals surface area contributed by atoms with Crippen molar-refractivity contribution in [2.75, 3.05) is 13.2 Å². The molecular formula is C20H22O2. The maximum Gasteiger partial charge on any atom is 0.135 e. The molecule has 3 rings (SSSR count). The standard InChI is InChI=1S/C20H22O2/c1-4-14-10-9-13-17-18(14)20(22-6-3)16-12-8-7-11-15(16)19(17)21-5-2/h7-13H,4-6H2,1-3H3. The summed E-state index contributed by atoms with van der Waals surface area (Å²) in [5, 5.41) is 4.58. The van der Waals surface area contributed by atoms with Gasteiger partial charge >= 0.3 is 0 Å². The normalized spacial score (nSPS) is 11.0. The highest BCUT2D eigenvalue weighted by atomic mass is 16.5. The first-order chi connectivity index (χ1) is 10.8. The Bertz CT molecular complexity index is 806. The molecule has 0 saturated heterocycles. The molecule has 3 aromatic rings. The molecule has 0 fully saturated rings. The molecule has 0 heterocycles. The van der Waals surface area contributed by atoms with Crippen LogP contribution in [-0.4, -0.2) is 13.2 Å². The predicted molar refractivity (Wildman–Crippen MR) is 93.2 cm³/mol. The zero-order valence-corrected chi connectivity index (χ0v) is 13.5. The van der Waals surface area contributed by atoms with Crippen LogP contribution in [0.25, 0.3) is 21.5 Å².